The molecule has 0 aliphatic rings. The molecule has 0 aliphatic carbocycles. The third-order valence-electron chi connectivity index (χ3n) is 5.14. The van der Waals surface area contributed by atoms with E-state index in [1.165, 1.54) is 19.1 Å². The van der Waals surface area contributed by atoms with Gasteiger partial charge in [-0.1, -0.05) is 60.7 Å². The van der Waals surface area contributed by atoms with Crippen LogP contribution in [0.2, 0.25) is 0 Å². The zero-order chi connectivity index (χ0) is 23.4. The molecule has 2 atom stereocenters. The third-order valence-corrected chi connectivity index (χ3v) is 5.14. The second kappa shape index (κ2) is 9.40. The van der Waals surface area contributed by atoms with E-state index >= 15 is 0 Å². The average molecular weight is 442 g/mol. The van der Waals surface area contributed by atoms with Gasteiger partial charge in [-0.15, -0.1) is 0 Å². The van der Waals surface area contributed by atoms with Crippen molar-refractivity contribution in [1.29, 1.82) is 0 Å². The van der Waals surface area contributed by atoms with Crippen molar-refractivity contribution < 1.29 is 23.8 Å². The smallest absolute Gasteiger partial charge is 0.336 e. The number of carboxylic acids is 1. The van der Waals surface area contributed by atoms with Crippen molar-refractivity contribution in [2.45, 2.75) is 19.1 Å². The van der Waals surface area contributed by atoms with Crippen molar-refractivity contribution in [2.24, 2.45) is 0 Å². The molecule has 0 saturated heterocycles. The van der Waals surface area contributed by atoms with Crippen LogP contribution < -0.4 is 20.8 Å². The Morgan fingerprint density at radius 2 is 1.61 bits per heavy atom. The molecule has 166 valence electrons. The van der Waals surface area contributed by atoms with Gasteiger partial charge < -0.3 is 24.4 Å². The molecule has 33 heavy (non-hydrogen) atoms. The minimum atomic E-state index is -1.43. The van der Waals surface area contributed by atoms with Gasteiger partial charge in [-0.25, -0.2) is 4.79 Å². The summed E-state index contributed by atoms with van der Waals surface area (Å²) in [6.07, 6.45) is -1.02. The summed E-state index contributed by atoms with van der Waals surface area (Å²) in [6, 6.07) is 22.7. The van der Waals surface area contributed by atoms with Crippen molar-refractivity contribution in [1.82, 2.24) is 5.32 Å². The molecule has 1 aromatic heterocycles. The maximum atomic E-state index is 12.6. The highest BCUT2D eigenvalue weighted by molar-refractivity contribution is 5.94. The van der Waals surface area contributed by atoms with E-state index in [9.17, 15) is 19.5 Å². The van der Waals surface area contributed by atoms with E-state index in [2.05, 4.69) is 5.32 Å². The van der Waals surface area contributed by atoms with E-state index in [-0.39, 0.29) is 0 Å². The molecule has 0 unspecified atom stereocenters. The van der Waals surface area contributed by atoms with E-state index < -0.39 is 29.6 Å². The Labute approximate surface area is 189 Å². The summed E-state index contributed by atoms with van der Waals surface area (Å²) in [5.74, 6) is -1.77. The Hall–Kier alpha value is -4.39. The molecule has 1 amide bonds. The first-order valence-corrected chi connectivity index (χ1v) is 10.3. The maximum absolute atomic E-state index is 12.6. The second-order valence-electron chi connectivity index (χ2n) is 7.43. The monoisotopic (exact) mass is 442 g/mol. The summed E-state index contributed by atoms with van der Waals surface area (Å²) in [5.41, 5.74) is 1.77. The van der Waals surface area contributed by atoms with Gasteiger partial charge in [-0.05, 0) is 35.7 Å². The standard InChI is InChI=1S/C26H21NO6/c1-16(25(29)27-24(26(30)31)18-10-6-3-7-11-18)32-19-12-13-20-21(17-8-4-2-5-9-17)15-23(28)33-22(20)14-19/h2-16,24H,1H3,(H,27,29)(H,30,31)/p-1/t16-,24+/m0/s1. The van der Waals surface area contributed by atoms with Crippen LogP contribution in [-0.4, -0.2) is 18.0 Å². The van der Waals surface area contributed by atoms with Gasteiger partial charge in [-0.3, -0.25) is 4.79 Å². The number of hydrogen-bond acceptors (Lipinski definition) is 6. The molecule has 7 heteroatoms. The summed E-state index contributed by atoms with van der Waals surface area (Å²) in [7, 11) is 0. The first-order chi connectivity index (χ1) is 15.9. The molecule has 0 radical (unpaired) electrons. The molecule has 4 aromatic rings. The van der Waals surface area contributed by atoms with Crippen molar-refractivity contribution in [2.75, 3.05) is 0 Å². The number of amides is 1. The minimum Gasteiger partial charge on any atom is -0.548 e. The Morgan fingerprint density at radius 3 is 2.27 bits per heavy atom. The van der Waals surface area contributed by atoms with Crippen LogP contribution in [0.4, 0.5) is 0 Å². The molecule has 3 aromatic carbocycles. The molecule has 0 saturated carbocycles. The first-order valence-electron chi connectivity index (χ1n) is 10.3. The molecule has 0 bridgehead atoms. The van der Waals surface area contributed by atoms with Gasteiger partial charge in [0, 0.05) is 17.5 Å². The maximum Gasteiger partial charge on any atom is 0.336 e. The van der Waals surface area contributed by atoms with Crippen LogP contribution in [-0.2, 0) is 9.59 Å². The van der Waals surface area contributed by atoms with Crippen LogP contribution in [0.15, 0.2) is 94.1 Å². The van der Waals surface area contributed by atoms with Crippen molar-refractivity contribution >= 4 is 22.8 Å². The fourth-order valence-electron chi connectivity index (χ4n) is 3.51. The molecule has 0 aliphatic heterocycles. The lowest BCUT2D eigenvalue weighted by Crippen LogP contribution is -2.45. The molecular weight excluding hydrogens is 422 g/mol. The highest BCUT2D eigenvalue weighted by atomic mass is 16.5. The Balaban J connectivity index is 1.55. The van der Waals surface area contributed by atoms with E-state index in [0.29, 0.717) is 22.3 Å². The zero-order valence-electron chi connectivity index (χ0n) is 17.7. The SMILES string of the molecule is C[C@H](Oc1ccc2c(-c3ccccc3)cc(=O)oc2c1)C(=O)N[C@@H](C(=O)[O-])c1ccccc1. The number of benzene rings is 3. The van der Waals surface area contributed by atoms with Gasteiger partial charge >= 0.3 is 5.63 Å². The summed E-state index contributed by atoms with van der Waals surface area (Å²) in [4.78, 5) is 36.2. The molecular formula is C26H20NO6-. The van der Waals surface area contributed by atoms with Gasteiger partial charge in [0.1, 0.15) is 11.3 Å². The fourth-order valence-corrected chi connectivity index (χ4v) is 3.51. The topological polar surface area (TPSA) is 109 Å². The highest BCUT2D eigenvalue weighted by Crippen LogP contribution is 2.30. The van der Waals surface area contributed by atoms with Crippen LogP contribution in [0.3, 0.4) is 0 Å². The minimum absolute atomic E-state index is 0.295. The van der Waals surface area contributed by atoms with Crippen molar-refractivity contribution in [3.63, 3.8) is 0 Å². The molecule has 7 nitrogen and oxygen atoms in total. The quantitative estimate of drug-likeness (QED) is 0.441. The number of rotatable bonds is 7. The lowest BCUT2D eigenvalue weighted by Gasteiger charge is -2.22. The van der Waals surface area contributed by atoms with E-state index in [1.807, 2.05) is 30.3 Å². The van der Waals surface area contributed by atoms with Gasteiger partial charge in [0.15, 0.2) is 6.10 Å². The van der Waals surface area contributed by atoms with Gasteiger partial charge in [0.2, 0.25) is 0 Å². The number of ether oxygens (including phenoxy) is 1. The number of carbonyl (C=O) groups is 2. The number of nitrogens with one attached hydrogen (secondary N) is 1. The molecule has 0 spiro atoms. The van der Waals surface area contributed by atoms with Crippen LogP contribution in [0.25, 0.3) is 22.1 Å². The fraction of sp³-hybridized carbons (Fsp3) is 0.115. The summed E-state index contributed by atoms with van der Waals surface area (Å²) < 4.78 is 11.0. The van der Waals surface area contributed by atoms with Crippen LogP contribution in [0.1, 0.15) is 18.5 Å². The van der Waals surface area contributed by atoms with Crippen molar-refractivity contribution in [3.8, 4) is 16.9 Å². The predicted molar refractivity (Wildman–Crippen MR) is 120 cm³/mol. The normalized spacial score (nSPS) is 12.6. The second-order valence-corrected chi connectivity index (χ2v) is 7.43. The van der Waals surface area contributed by atoms with Crippen LogP contribution in [0.5, 0.6) is 5.75 Å². The Kier molecular flexibility index (Phi) is 6.22. The number of fused-ring (bicyclic) bond motifs is 1. The average Bonchev–Trinajstić information content (AvgIpc) is 2.82. The summed E-state index contributed by atoms with van der Waals surface area (Å²) in [5, 5.41) is 14.7. The van der Waals surface area contributed by atoms with E-state index in [0.717, 1.165) is 11.1 Å². The van der Waals surface area contributed by atoms with E-state index in [1.54, 1.807) is 42.5 Å². The Morgan fingerprint density at radius 1 is 0.939 bits per heavy atom. The summed E-state index contributed by atoms with van der Waals surface area (Å²) >= 11 is 0. The van der Waals surface area contributed by atoms with Gasteiger partial charge in [0.05, 0.1) is 12.0 Å². The zero-order valence-corrected chi connectivity index (χ0v) is 17.7. The lowest BCUT2D eigenvalue weighted by atomic mass is 10.0. The third kappa shape index (κ3) is 4.93. The molecule has 4 rings (SSSR count). The largest absolute Gasteiger partial charge is 0.548 e. The predicted octanol–water partition coefficient (Wildman–Crippen LogP) is 2.83. The number of hydrogen-bond donors (Lipinski definition) is 1. The first kappa shape index (κ1) is 21.8. The number of aliphatic carboxylic acids is 1. The van der Waals surface area contributed by atoms with Gasteiger partial charge in [-0.2, -0.15) is 0 Å². The van der Waals surface area contributed by atoms with Gasteiger partial charge in [0.25, 0.3) is 5.91 Å². The van der Waals surface area contributed by atoms with Crippen LogP contribution in [0, 0.1) is 0 Å². The van der Waals surface area contributed by atoms with E-state index in [4.69, 9.17) is 9.15 Å². The molecule has 0 fully saturated rings. The Bertz CT molecular complexity index is 1350. The van der Waals surface area contributed by atoms with Crippen molar-refractivity contribution in [3.05, 3.63) is 101 Å². The lowest BCUT2D eigenvalue weighted by molar-refractivity contribution is -0.308. The number of carboxylic acid groups (broad SMARTS) is 1. The molecule has 1 N–H and O–H groups in total. The summed E-state index contributed by atoms with van der Waals surface area (Å²) in [6.45, 7) is 1.49. The highest BCUT2D eigenvalue weighted by Gasteiger charge is 2.21. The molecule has 1 heterocycles. The van der Waals surface area contributed by atoms with Crippen LogP contribution >= 0.6 is 0 Å². The number of carbonyl (C=O) groups excluding carboxylic acids is 2.